The fourth-order valence-corrected chi connectivity index (χ4v) is 2.69. The van der Waals surface area contributed by atoms with E-state index in [1.807, 2.05) is 25.1 Å². The normalized spacial score (nSPS) is 22.1. The maximum absolute atomic E-state index is 12.0. The van der Waals surface area contributed by atoms with E-state index in [0.717, 1.165) is 10.0 Å². The topological polar surface area (TPSA) is 58.6 Å². The molecule has 0 aromatic heterocycles. The Hall–Kier alpha value is -1.56. The summed E-state index contributed by atoms with van der Waals surface area (Å²) < 4.78 is 6.21. The number of benzene rings is 1. The molecule has 1 N–H and O–H groups in total. The molecule has 1 unspecified atom stereocenters. The number of amides is 3. The zero-order valence-corrected chi connectivity index (χ0v) is 13.3. The number of carbonyl (C=O) groups excluding carboxylic acids is 2. The average Bonchev–Trinajstić information content (AvgIpc) is 2.63. The summed E-state index contributed by atoms with van der Waals surface area (Å²) >= 11 is 3.41. The summed E-state index contributed by atoms with van der Waals surface area (Å²) in [5.41, 5.74) is 0.0381. The molecular weight excluding hydrogens is 324 g/mol. The van der Waals surface area contributed by atoms with Gasteiger partial charge in [-0.25, -0.2) is 4.79 Å². The van der Waals surface area contributed by atoms with Crippen LogP contribution in [0.25, 0.3) is 0 Å². The van der Waals surface area contributed by atoms with Crippen molar-refractivity contribution in [3.05, 3.63) is 28.2 Å². The van der Waals surface area contributed by atoms with Gasteiger partial charge in [-0.05, 0) is 31.5 Å². The van der Waals surface area contributed by atoms with E-state index >= 15 is 0 Å². The zero-order chi connectivity index (χ0) is 14.9. The Morgan fingerprint density at radius 1 is 1.40 bits per heavy atom. The van der Waals surface area contributed by atoms with Gasteiger partial charge in [0.2, 0.25) is 0 Å². The van der Waals surface area contributed by atoms with E-state index < -0.39 is 5.54 Å². The van der Waals surface area contributed by atoms with Crippen molar-refractivity contribution in [2.24, 2.45) is 0 Å². The van der Waals surface area contributed by atoms with Gasteiger partial charge in [0.15, 0.2) is 0 Å². The number of nitrogens with zero attached hydrogens (tertiary/aromatic N) is 1. The standard InChI is InChI=1S/C14H17BrN2O3/c1-4-14(2)12(18)16-13(19)17(14)8-9-7-10(15)5-6-11(9)20-3/h5-7H,4,8H2,1-3H3,(H,16,18,19). The van der Waals surface area contributed by atoms with Crippen LogP contribution in [-0.2, 0) is 11.3 Å². The fraction of sp³-hybridized carbons (Fsp3) is 0.429. The molecule has 1 aromatic carbocycles. The first-order valence-corrected chi connectivity index (χ1v) is 7.17. The fourth-order valence-electron chi connectivity index (χ4n) is 2.28. The molecule has 5 nitrogen and oxygen atoms in total. The van der Waals surface area contributed by atoms with Gasteiger partial charge in [0.25, 0.3) is 5.91 Å². The zero-order valence-electron chi connectivity index (χ0n) is 11.7. The Labute approximate surface area is 126 Å². The summed E-state index contributed by atoms with van der Waals surface area (Å²) in [6, 6.07) is 5.24. The molecule has 0 aliphatic carbocycles. The van der Waals surface area contributed by atoms with Gasteiger partial charge in [0.1, 0.15) is 11.3 Å². The van der Waals surface area contributed by atoms with E-state index in [-0.39, 0.29) is 11.9 Å². The Balaban J connectivity index is 2.36. The lowest BCUT2D eigenvalue weighted by Gasteiger charge is -2.31. The van der Waals surface area contributed by atoms with Crippen LogP contribution in [-0.4, -0.2) is 29.5 Å². The SMILES string of the molecule is CCC1(C)C(=O)NC(=O)N1Cc1cc(Br)ccc1OC. The smallest absolute Gasteiger partial charge is 0.325 e. The summed E-state index contributed by atoms with van der Waals surface area (Å²) in [4.78, 5) is 25.5. The molecule has 20 heavy (non-hydrogen) atoms. The monoisotopic (exact) mass is 340 g/mol. The van der Waals surface area contributed by atoms with Gasteiger partial charge in [-0.2, -0.15) is 0 Å². The first-order chi connectivity index (χ1) is 9.42. The maximum atomic E-state index is 12.0. The number of methoxy groups -OCH3 is 1. The van der Waals surface area contributed by atoms with E-state index in [4.69, 9.17) is 4.74 Å². The van der Waals surface area contributed by atoms with Crippen LogP contribution in [0.3, 0.4) is 0 Å². The average molecular weight is 341 g/mol. The highest BCUT2D eigenvalue weighted by Gasteiger charge is 2.47. The summed E-state index contributed by atoms with van der Waals surface area (Å²) in [6.45, 7) is 3.99. The van der Waals surface area contributed by atoms with Gasteiger partial charge < -0.3 is 9.64 Å². The Kier molecular flexibility index (Phi) is 4.04. The van der Waals surface area contributed by atoms with Gasteiger partial charge in [-0.3, -0.25) is 10.1 Å². The molecular formula is C14H17BrN2O3. The number of hydrogen-bond donors (Lipinski definition) is 1. The van der Waals surface area contributed by atoms with E-state index in [1.165, 1.54) is 0 Å². The van der Waals surface area contributed by atoms with Crippen molar-refractivity contribution >= 4 is 27.9 Å². The third-order valence-electron chi connectivity index (χ3n) is 3.81. The molecule has 1 aliphatic heterocycles. The lowest BCUT2D eigenvalue weighted by molar-refractivity contribution is -0.126. The molecule has 0 radical (unpaired) electrons. The van der Waals surface area contributed by atoms with Gasteiger partial charge in [0, 0.05) is 10.0 Å². The molecule has 1 aromatic rings. The minimum Gasteiger partial charge on any atom is -0.496 e. The van der Waals surface area contributed by atoms with Gasteiger partial charge in [0.05, 0.1) is 13.7 Å². The van der Waals surface area contributed by atoms with Crippen LogP contribution in [0.1, 0.15) is 25.8 Å². The molecule has 1 saturated heterocycles. The number of nitrogens with one attached hydrogen (secondary N) is 1. The van der Waals surface area contributed by atoms with Gasteiger partial charge in [-0.1, -0.05) is 22.9 Å². The van der Waals surface area contributed by atoms with Crippen LogP contribution < -0.4 is 10.1 Å². The van der Waals surface area contributed by atoms with Crippen molar-refractivity contribution in [3.63, 3.8) is 0 Å². The van der Waals surface area contributed by atoms with Crippen LogP contribution in [0.5, 0.6) is 5.75 Å². The Morgan fingerprint density at radius 3 is 2.70 bits per heavy atom. The molecule has 0 bridgehead atoms. The molecule has 0 spiro atoms. The summed E-state index contributed by atoms with van der Waals surface area (Å²) in [6.07, 6.45) is 0.556. The summed E-state index contributed by atoms with van der Waals surface area (Å²) in [7, 11) is 1.58. The minimum absolute atomic E-state index is 0.251. The predicted molar refractivity (Wildman–Crippen MR) is 78.5 cm³/mol. The van der Waals surface area contributed by atoms with Crippen LogP contribution in [0.15, 0.2) is 22.7 Å². The Bertz CT molecular complexity index is 561. The number of hydrogen-bond acceptors (Lipinski definition) is 3. The number of halogens is 1. The van der Waals surface area contributed by atoms with Crippen molar-refractivity contribution in [2.45, 2.75) is 32.4 Å². The minimum atomic E-state index is -0.815. The second-order valence-electron chi connectivity index (χ2n) is 4.93. The largest absolute Gasteiger partial charge is 0.496 e. The molecule has 1 atom stereocenters. The number of carbonyl (C=O) groups is 2. The molecule has 2 rings (SSSR count). The van der Waals surface area contributed by atoms with Crippen molar-refractivity contribution in [2.75, 3.05) is 7.11 Å². The maximum Gasteiger partial charge on any atom is 0.325 e. The number of ether oxygens (including phenoxy) is 1. The van der Waals surface area contributed by atoms with Crippen LogP contribution >= 0.6 is 15.9 Å². The van der Waals surface area contributed by atoms with Crippen molar-refractivity contribution in [3.8, 4) is 5.75 Å². The highest BCUT2D eigenvalue weighted by molar-refractivity contribution is 9.10. The molecule has 1 heterocycles. The second kappa shape index (κ2) is 5.44. The van der Waals surface area contributed by atoms with Crippen LogP contribution in [0.2, 0.25) is 0 Å². The summed E-state index contributed by atoms with van der Waals surface area (Å²) in [5, 5.41) is 2.38. The first-order valence-electron chi connectivity index (χ1n) is 6.38. The highest BCUT2D eigenvalue weighted by atomic mass is 79.9. The molecule has 6 heteroatoms. The van der Waals surface area contributed by atoms with Crippen LogP contribution in [0.4, 0.5) is 4.79 Å². The molecule has 0 saturated carbocycles. The van der Waals surface area contributed by atoms with Crippen molar-refractivity contribution in [1.29, 1.82) is 0 Å². The van der Waals surface area contributed by atoms with Crippen molar-refractivity contribution in [1.82, 2.24) is 10.2 Å². The predicted octanol–water partition coefficient (Wildman–Crippen LogP) is 2.68. The number of imide groups is 1. The Morgan fingerprint density at radius 2 is 2.10 bits per heavy atom. The van der Waals surface area contributed by atoms with E-state index in [1.54, 1.807) is 18.9 Å². The van der Waals surface area contributed by atoms with Gasteiger partial charge in [-0.15, -0.1) is 0 Å². The third-order valence-corrected chi connectivity index (χ3v) is 4.30. The quantitative estimate of drug-likeness (QED) is 0.857. The van der Waals surface area contributed by atoms with Crippen molar-refractivity contribution < 1.29 is 14.3 Å². The second-order valence-corrected chi connectivity index (χ2v) is 5.84. The molecule has 1 aliphatic rings. The van der Waals surface area contributed by atoms with E-state index in [2.05, 4.69) is 21.2 Å². The van der Waals surface area contributed by atoms with E-state index in [0.29, 0.717) is 18.7 Å². The highest BCUT2D eigenvalue weighted by Crippen LogP contribution is 2.31. The van der Waals surface area contributed by atoms with Crippen LogP contribution in [0, 0.1) is 0 Å². The van der Waals surface area contributed by atoms with Gasteiger partial charge >= 0.3 is 6.03 Å². The summed E-state index contributed by atoms with van der Waals surface area (Å²) in [5.74, 6) is 0.442. The molecule has 1 fully saturated rings. The number of urea groups is 1. The number of rotatable bonds is 4. The molecule has 108 valence electrons. The lowest BCUT2D eigenvalue weighted by Crippen LogP contribution is -2.46. The third kappa shape index (κ3) is 2.40. The molecule has 3 amide bonds. The van der Waals surface area contributed by atoms with E-state index in [9.17, 15) is 9.59 Å². The lowest BCUT2D eigenvalue weighted by atomic mass is 9.97. The first kappa shape index (κ1) is 14.8.